The Bertz CT molecular complexity index is 921. The Morgan fingerprint density at radius 2 is 1.96 bits per heavy atom. The van der Waals surface area contributed by atoms with Gasteiger partial charge in [0.15, 0.2) is 0 Å². The van der Waals surface area contributed by atoms with Gasteiger partial charge in [-0.2, -0.15) is 5.26 Å². The van der Waals surface area contributed by atoms with Gasteiger partial charge in [0.2, 0.25) is 0 Å². The third kappa shape index (κ3) is 4.25. The number of nitriles is 1. The molecule has 0 spiro atoms. The summed E-state index contributed by atoms with van der Waals surface area (Å²) in [5, 5.41) is 14.4. The van der Waals surface area contributed by atoms with Gasteiger partial charge in [0.25, 0.3) is 0 Å². The average Bonchev–Trinajstić information content (AvgIpc) is 3.22. The molecular formula is C21H20N2S2. The van der Waals surface area contributed by atoms with E-state index in [1.807, 2.05) is 16.8 Å². The molecule has 0 unspecified atom stereocenters. The average molecular weight is 365 g/mol. The number of hydrogen-bond donors (Lipinski definition) is 0. The van der Waals surface area contributed by atoms with Crippen LogP contribution < -0.4 is 0 Å². The van der Waals surface area contributed by atoms with E-state index < -0.39 is 0 Å². The molecule has 1 aromatic carbocycles. The van der Waals surface area contributed by atoms with Crippen molar-refractivity contribution in [3.05, 3.63) is 62.1 Å². The number of thiazole rings is 1. The van der Waals surface area contributed by atoms with Crippen LogP contribution in [0.25, 0.3) is 22.9 Å². The van der Waals surface area contributed by atoms with Crippen molar-refractivity contribution in [2.24, 2.45) is 5.92 Å². The van der Waals surface area contributed by atoms with Crippen LogP contribution in [0.2, 0.25) is 0 Å². The third-order valence-electron chi connectivity index (χ3n) is 3.93. The highest BCUT2D eigenvalue weighted by molar-refractivity contribution is 7.12. The van der Waals surface area contributed by atoms with Gasteiger partial charge >= 0.3 is 0 Å². The predicted octanol–water partition coefficient (Wildman–Crippen LogP) is 6.44. The first kappa shape index (κ1) is 17.6. The largest absolute Gasteiger partial charge is 0.235 e. The molecule has 2 nitrogen and oxygen atoms in total. The molecule has 0 aliphatic carbocycles. The molecule has 126 valence electrons. The van der Waals surface area contributed by atoms with Crippen LogP contribution in [0.5, 0.6) is 0 Å². The van der Waals surface area contributed by atoms with E-state index in [2.05, 4.69) is 62.2 Å². The van der Waals surface area contributed by atoms with E-state index in [9.17, 15) is 5.26 Å². The first-order valence-electron chi connectivity index (χ1n) is 8.28. The van der Waals surface area contributed by atoms with Crippen molar-refractivity contribution < 1.29 is 0 Å². The molecule has 0 fully saturated rings. The van der Waals surface area contributed by atoms with Crippen molar-refractivity contribution in [3.8, 4) is 17.3 Å². The topological polar surface area (TPSA) is 36.7 Å². The highest BCUT2D eigenvalue weighted by atomic mass is 32.1. The van der Waals surface area contributed by atoms with Crippen molar-refractivity contribution in [3.63, 3.8) is 0 Å². The number of aryl methyl sites for hydroxylation is 1. The van der Waals surface area contributed by atoms with Crippen LogP contribution in [-0.4, -0.2) is 4.98 Å². The second-order valence-corrected chi connectivity index (χ2v) is 8.28. The minimum Gasteiger partial charge on any atom is -0.235 e. The SMILES string of the molecule is Cc1ccsc1/C=C(\C#N)c1nc(-c2ccc(CC(C)C)cc2)cs1. The minimum atomic E-state index is 0.623. The van der Waals surface area contributed by atoms with Crippen molar-refractivity contribution >= 4 is 34.3 Å². The molecule has 2 heterocycles. The lowest BCUT2D eigenvalue weighted by Gasteiger charge is -2.05. The van der Waals surface area contributed by atoms with Gasteiger partial charge in [0.1, 0.15) is 11.1 Å². The summed E-state index contributed by atoms with van der Waals surface area (Å²) in [6.07, 6.45) is 3.03. The van der Waals surface area contributed by atoms with Gasteiger partial charge < -0.3 is 0 Å². The van der Waals surface area contributed by atoms with Crippen LogP contribution in [0.3, 0.4) is 0 Å². The molecule has 0 bridgehead atoms. The van der Waals surface area contributed by atoms with Gasteiger partial charge in [-0.1, -0.05) is 38.1 Å². The summed E-state index contributed by atoms with van der Waals surface area (Å²) < 4.78 is 0. The molecule has 0 N–H and O–H groups in total. The molecule has 0 aliphatic rings. The summed E-state index contributed by atoms with van der Waals surface area (Å²) in [6.45, 7) is 6.51. The van der Waals surface area contributed by atoms with E-state index in [1.54, 1.807) is 11.3 Å². The van der Waals surface area contributed by atoms with Crippen molar-refractivity contribution in [2.45, 2.75) is 27.2 Å². The Morgan fingerprint density at radius 1 is 1.20 bits per heavy atom. The van der Waals surface area contributed by atoms with Crippen LogP contribution in [0.4, 0.5) is 0 Å². The number of thiophene rings is 1. The number of nitrogens with zero attached hydrogens (tertiary/aromatic N) is 2. The number of benzene rings is 1. The number of hydrogen-bond acceptors (Lipinski definition) is 4. The molecule has 0 radical (unpaired) electrons. The Labute approximate surface area is 157 Å². The highest BCUT2D eigenvalue weighted by Crippen LogP contribution is 2.29. The first-order valence-corrected chi connectivity index (χ1v) is 10.0. The Morgan fingerprint density at radius 3 is 2.56 bits per heavy atom. The molecule has 0 amide bonds. The fourth-order valence-electron chi connectivity index (χ4n) is 2.62. The number of rotatable bonds is 5. The van der Waals surface area contributed by atoms with E-state index in [0.717, 1.165) is 27.6 Å². The van der Waals surface area contributed by atoms with Crippen molar-refractivity contribution in [2.75, 3.05) is 0 Å². The zero-order valence-corrected chi connectivity index (χ0v) is 16.2. The number of aromatic nitrogens is 1. The molecule has 3 rings (SSSR count). The molecule has 2 aromatic heterocycles. The second kappa shape index (κ2) is 7.77. The van der Waals surface area contributed by atoms with E-state index in [1.165, 1.54) is 22.5 Å². The maximum atomic E-state index is 9.52. The van der Waals surface area contributed by atoms with Gasteiger partial charge in [-0.15, -0.1) is 22.7 Å². The highest BCUT2D eigenvalue weighted by Gasteiger charge is 2.10. The number of allylic oxidation sites excluding steroid dienone is 1. The molecular weight excluding hydrogens is 344 g/mol. The lowest BCUT2D eigenvalue weighted by atomic mass is 10.0. The maximum Gasteiger partial charge on any atom is 0.134 e. The quantitative estimate of drug-likeness (QED) is 0.488. The molecule has 4 heteroatoms. The molecule has 25 heavy (non-hydrogen) atoms. The fraction of sp³-hybridized carbons (Fsp3) is 0.238. The van der Waals surface area contributed by atoms with Crippen LogP contribution in [0.1, 0.15) is 34.9 Å². The minimum absolute atomic E-state index is 0.623. The Balaban J connectivity index is 1.85. The standard InChI is InChI=1S/C21H20N2S2/c1-14(2)10-16-4-6-17(7-5-16)19-13-25-21(23-19)18(12-22)11-20-15(3)8-9-24-20/h4-9,11,13-14H,10H2,1-3H3/b18-11+. The summed E-state index contributed by atoms with van der Waals surface area (Å²) in [5.41, 5.74) is 5.19. The third-order valence-corrected chi connectivity index (χ3v) is 5.77. The van der Waals surface area contributed by atoms with Gasteiger partial charge in [-0.25, -0.2) is 4.98 Å². The van der Waals surface area contributed by atoms with E-state index in [-0.39, 0.29) is 0 Å². The zero-order chi connectivity index (χ0) is 17.8. The van der Waals surface area contributed by atoms with E-state index in [4.69, 9.17) is 0 Å². The normalized spacial score (nSPS) is 11.7. The van der Waals surface area contributed by atoms with E-state index in [0.29, 0.717) is 11.5 Å². The second-order valence-electron chi connectivity index (χ2n) is 6.47. The van der Waals surface area contributed by atoms with Crippen LogP contribution >= 0.6 is 22.7 Å². The molecule has 0 aliphatic heterocycles. The zero-order valence-electron chi connectivity index (χ0n) is 14.6. The van der Waals surface area contributed by atoms with Gasteiger partial charge in [-0.05, 0) is 47.9 Å². The molecule has 0 saturated heterocycles. The summed E-state index contributed by atoms with van der Waals surface area (Å²) >= 11 is 3.17. The van der Waals surface area contributed by atoms with Gasteiger partial charge in [-0.3, -0.25) is 0 Å². The predicted molar refractivity (Wildman–Crippen MR) is 109 cm³/mol. The van der Waals surface area contributed by atoms with Crippen molar-refractivity contribution in [1.82, 2.24) is 4.98 Å². The fourth-order valence-corrected chi connectivity index (χ4v) is 4.27. The summed E-state index contributed by atoms with van der Waals surface area (Å²) in [7, 11) is 0. The van der Waals surface area contributed by atoms with Crippen LogP contribution in [-0.2, 0) is 6.42 Å². The van der Waals surface area contributed by atoms with E-state index >= 15 is 0 Å². The molecule has 0 saturated carbocycles. The van der Waals surface area contributed by atoms with Crippen LogP contribution in [0.15, 0.2) is 41.1 Å². The van der Waals surface area contributed by atoms with Gasteiger partial charge in [0.05, 0.1) is 11.3 Å². The monoisotopic (exact) mass is 364 g/mol. The molecule has 3 aromatic rings. The Kier molecular flexibility index (Phi) is 5.47. The summed E-state index contributed by atoms with van der Waals surface area (Å²) in [4.78, 5) is 5.80. The lowest BCUT2D eigenvalue weighted by Crippen LogP contribution is -1.93. The lowest BCUT2D eigenvalue weighted by molar-refractivity contribution is 0.647. The van der Waals surface area contributed by atoms with Gasteiger partial charge in [0, 0.05) is 15.8 Å². The first-order chi connectivity index (χ1) is 12.1. The summed E-state index contributed by atoms with van der Waals surface area (Å²) in [6, 6.07) is 12.9. The maximum absolute atomic E-state index is 9.52. The van der Waals surface area contributed by atoms with Crippen LogP contribution in [0, 0.1) is 24.2 Å². The Hall–Kier alpha value is -2.22. The van der Waals surface area contributed by atoms with Crippen molar-refractivity contribution in [1.29, 1.82) is 5.26 Å². The smallest absolute Gasteiger partial charge is 0.134 e. The summed E-state index contributed by atoms with van der Waals surface area (Å²) in [5.74, 6) is 0.653. The molecule has 0 atom stereocenters.